The molecular weight excluding hydrogens is 264 g/mol. The van der Waals surface area contributed by atoms with Crippen molar-refractivity contribution < 1.29 is 9.53 Å². The molecular formula is C17H28N2O2. The fourth-order valence-corrected chi connectivity index (χ4v) is 4.38. The van der Waals surface area contributed by atoms with Gasteiger partial charge in [0.05, 0.1) is 6.07 Å². The van der Waals surface area contributed by atoms with Crippen LogP contribution in [0.1, 0.15) is 59.8 Å². The average Bonchev–Trinajstić information content (AvgIpc) is 2.35. The maximum absolute atomic E-state index is 12.7. The van der Waals surface area contributed by atoms with Crippen LogP contribution in [0.5, 0.6) is 0 Å². The first-order valence-electron chi connectivity index (χ1n) is 7.98. The van der Waals surface area contributed by atoms with Crippen LogP contribution in [0.15, 0.2) is 0 Å². The molecule has 0 spiro atoms. The summed E-state index contributed by atoms with van der Waals surface area (Å²) in [4.78, 5) is 12.7. The van der Waals surface area contributed by atoms with Crippen LogP contribution in [0.3, 0.4) is 0 Å². The SMILES string of the molecule is CC1(C)CC(NC(=O)C2(C#N)CCOCC2)CC(C)(C)C1. The minimum atomic E-state index is -0.885. The van der Waals surface area contributed by atoms with E-state index >= 15 is 0 Å². The quantitative estimate of drug-likeness (QED) is 0.851. The highest BCUT2D eigenvalue weighted by atomic mass is 16.5. The second-order valence-corrected chi connectivity index (χ2v) is 8.39. The van der Waals surface area contributed by atoms with Crippen LogP contribution in [-0.2, 0) is 9.53 Å². The standard InChI is InChI=1S/C17H28N2O2/c1-15(2)9-13(10-16(3,4)11-15)19-14(20)17(12-18)5-7-21-8-6-17/h13H,5-11H2,1-4H3,(H,19,20). The number of amides is 1. The second kappa shape index (κ2) is 5.61. The fraction of sp³-hybridized carbons (Fsp3) is 0.882. The lowest BCUT2D eigenvalue weighted by Gasteiger charge is -2.45. The number of carbonyl (C=O) groups excluding carboxylic acids is 1. The van der Waals surface area contributed by atoms with Gasteiger partial charge in [0.1, 0.15) is 5.41 Å². The van der Waals surface area contributed by atoms with Crippen molar-refractivity contribution in [1.29, 1.82) is 5.26 Å². The van der Waals surface area contributed by atoms with Gasteiger partial charge in [-0.25, -0.2) is 0 Å². The average molecular weight is 292 g/mol. The third kappa shape index (κ3) is 3.77. The van der Waals surface area contributed by atoms with Crippen molar-refractivity contribution in [1.82, 2.24) is 5.32 Å². The minimum absolute atomic E-state index is 0.0909. The van der Waals surface area contributed by atoms with Gasteiger partial charge < -0.3 is 10.1 Å². The summed E-state index contributed by atoms with van der Waals surface area (Å²) in [7, 11) is 0. The highest BCUT2D eigenvalue weighted by molar-refractivity contribution is 5.85. The smallest absolute Gasteiger partial charge is 0.240 e. The van der Waals surface area contributed by atoms with E-state index in [2.05, 4.69) is 39.1 Å². The van der Waals surface area contributed by atoms with E-state index in [1.165, 1.54) is 6.42 Å². The maximum atomic E-state index is 12.7. The molecule has 1 heterocycles. The number of hydrogen-bond donors (Lipinski definition) is 1. The predicted molar refractivity (Wildman–Crippen MR) is 81.4 cm³/mol. The molecule has 2 fully saturated rings. The Labute approximate surface area is 128 Å². The second-order valence-electron chi connectivity index (χ2n) is 8.39. The zero-order chi connectivity index (χ0) is 15.7. The molecule has 1 N–H and O–H groups in total. The van der Waals surface area contributed by atoms with Gasteiger partial charge in [0, 0.05) is 19.3 Å². The van der Waals surface area contributed by atoms with Crippen LogP contribution in [-0.4, -0.2) is 25.2 Å². The molecule has 118 valence electrons. The molecule has 1 saturated carbocycles. The van der Waals surface area contributed by atoms with Crippen molar-refractivity contribution >= 4 is 5.91 Å². The molecule has 0 bridgehead atoms. The van der Waals surface area contributed by atoms with Crippen LogP contribution in [0, 0.1) is 27.6 Å². The summed E-state index contributed by atoms with van der Waals surface area (Å²) in [5, 5.41) is 12.7. The van der Waals surface area contributed by atoms with Crippen LogP contribution in [0.4, 0.5) is 0 Å². The molecule has 0 aromatic carbocycles. The Morgan fingerprint density at radius 3 is 2.14 bits per heavy atom. The molecule has 0 aromatic rings. The normalized spacial score (nSPS) is 27.6. The van der Waals surface area contributed by atoms with Crippen molar-refractivity contribution in [2.24, 2.45) is 16.2 Å². The molecule has 0 unspecified atom stereocenters. The van der Waals surface area contributed by atoms with Crippen molar-refractivity contribution in [2.75, 3.05) is 13.2 Å². The molecule has 0 atom stereocenters. The highest BCUT2D eigenvalue weighted by Gasteiger charge is 2.44. The van der Waals surface area contributed by atoms with Gasteiger partial charge >= 0.3 is 0 Å². The summed E-state index contributed by atoms with van der Waals surface area (Å²) < 4.78 is 5.30. The lowest BCUT2D eigenvalue weighted by Crippen LogP contribution is -2.51. The van der Waals surface area contributed by atoms with Crippen molar-refractivity contribution in [3.8, 4) is 6.07 Å². The molecule has 4 nitrogen and oxygen atoms in total. The first kappa shape index (κ1) is 16.3. The van der Waals surface area contributed by atoms with E-state index in [1.54, 1.807) is 0 Å². The summed E-state index contributed by atoms with van der Waals surface area (Å²) in [5.74, 6) is -0.0909. The van der Waals surface area contributed by atoms with Gasteiger partial charge in [0.2, 0.25) is 5.91 Å². The van der Waals surface area contributed by atoms with Crippen LogP contribution >= 0.6 is 0 Å². The molecule has 1 aliphatic heterocycles. The van der Waals surface area contributed by atoms with E-state index < -0.39 is 5.41 Å². The number of nitrogens with zero attached hydrogens (tertiary/aromatic N) is 1. The van der Waals surface area contributed by atoms with Crippen LogP contribution in [0.2, 0.25) is 0 Å². The predicted octanol–water partition coefficient (Wildman–Crippen LogP) is 3.03. The molecule has 4 heteroatoms. The molecule has 1 aliphatic carbocycles. The summed E-state index contributed by atoms with van der Waals surface area (Å²) >= 11 is 0. The Morgan fingerprint density at radius 1 is 1.14 bits per heavy atom. The van der Waals surface area contributed by atoms with Gasteiger partial charge in [-0.3, -0.25) is 4.79 Å². The molecule has 1 saturated heterocycles. The number of nitriles is 1. The third-order valence-electron chi connectivity index (χ3n) is 4.89. The fourth-order valence-electron chi connectivity index (χ4n) is 4.38. The van der Waals surface area contributed by atoms with E-state index in [-0.39, 0.29) is 22.8 Å². The number of hydrogen-bond acceptors (Lipinski definition) is 3. The van der Waals surface area contributed by atoms with E-state index in [4.69, 9.17) is 4.74 Å². The summed E-state index contributed by atoms with van der Waals surface area (Å²) in [6.07, 6.45) is 4.16. The molecule has 21 heavy (non-hydrogen) atoms. The van der Waals surface area contributed by atoms with Crippen molar-refractivity contribution in [3.63, 3.8) is 0 Å². The Kier molecular flexibility index (Phi) is 4.35. The van der Waals surface area contributed by atoms with Crippen LogP contribution < -0.4 is 5.32 Å². The van der Waals surface area contributed by atoms with Gasteiger partial charge in [0.15, 0.2) is 0 Å². The summed E-state index contributed by atoms with van der Waals surface area (Å²) in [5.41, 5.74) is -0.422. The molecule has 0 aromatic heterocycles. The minimum Gasteiger partial charge on any atom is -0.381 e. The zero-order valence-electron chi connectivity index (χ0n) is 13.8. The van der Waals surface area contributed by atoms with E-state index in [0.717, 1.165) is 12.8 Å². The molecule has 0 radical (unpaired) electrons. The highest BCUT2D eigenvalue weighted by Crippen LogP contribution is 2.46. The first-order chi connectivity index (χ1) is 9.68. The number of ether oxygens (including phenoxy) is 1. The number of nitrogens with one attached hydrogen (secondary N) is 1. The monoisotopic (exact) mass is 292 g/mol. The van der Waals surface area contributed by atoms with Crippen LogP contribution in [0.25, 0.3) is 0 Å². The van der Waals surface area contributed by atoms with Crippen molar-refractivity contribution in [2.45, 2.75) is 65.8 Å². The molecule has 2 aliphatic rings. The summed E-state index contributed by atoms with van der Waals surface area (Å²) in [6.45, 7) is 10.1. The number of rotatable bonds is 2. The van der Waals surface area contributed by atoms with Crippen molar-refractivity contribution in [3.05, 3.63) is 0 Å². The Morgan fingerprint density at radius 2 is 1.67 bits per heavy atom. The largest absolute Gasteiger partial charge is 0.381 e. The Hall–Kier alpha value is -1.08. The molecule has 2 rings (SSSR count). The summed E-state index contributed by atoms with van der Waals surface area (Å²) in [6, 6.07) is 2.43. The lowest BCUT2D eigenvalue weighted by molar-refractivity contribution is -0.134. The van der Waals surface area contributed by atoms with Gasteiger partial charge in [0.25, 0.3) is 0 Å². The number of carbonyl (C=O) groups is 1. The Bertz CT molecular complexity index is 426. The van der Waals surface area contributed by atoms with E-state index in [1.807, 2.05) is 0 Å². The van der Waals surface area contributed by atoms with Gasteiger partial charge in [-0.2, -0.15) is 5.26 Å². The van der Waals surface area contributed by atoms with E-state index in [9.17, 15) is 10.1 Å². The first-order valence-corrected chi connectivity index (χ1v) is 7.98. The lowest BCUT2D eigenvalue weighted by atomic mass is 9.63. The van der Waals surface area contributed by atoms with Gasteiger partial charge in [-0.05, 0) is 42.9 Å². The topological polar surface area (TPSA) is 62.1 Å². The van der Waals surface area contributed by atoms with E-state index in [0.29, 0.717) is 26.1 Å². The zero-order valence-corrected chi connectivity index (χ0v) is 13.8. The molecule has 1 amide bonds. The van der Waals surface area contributed by atoms with Gasteiger partial charge in [-0.15, -0.1) is 0 Å². The van der Waals surface area contributed by atoms with Gasteiger partial charge in [-0.1, -0.05) is 27.7 Å². The third-order valence-corrected chi connectivity index (χ3v) is 4.89. The maximum Gasteiger partial charge on any atom is 0.240 e. The Balaban J connectivity index is 2.06.